The highest BCUT2D eigenvalue weighted by Crippen LogP contribution is 2.40. The fourth-order valence-electron chi connectivity index (χ4n) is 2.59. The van der Waals surface area contributed by atoms with E-state index < -0.39 is 5.54 Å². The number of nitrogens with two attached hydrogens (primary N) is 1. The molecule has 1 aliphatic carbocycles. The van der Waals surface area contributed by atoms with Crippen LogP contribution in [0.4, 0.5) is 0 Å². The number of hydrogen-bond acceptors (Lipinski definition) is 4. The van der Waals surface area contributed by atoms with Gasteiger partial charge in [-0.05, 0) is 25.7 Å². The minimum Gasteiger partial charge on any atom is -0.394 e. The molecule has 2 fully saturated rings. The Morgan fingerprint density at radius 3 is 2.35 bits per heavy atom. The summed E-state index contributed by atoms with van der Waals surface area (Å²) in [6.07, 6.45) is 4.16. The van der Waals surface area contributed by atoms with E-state index in [1.54, 1.807) is 0 Å². The van der Waals surface area contributed by atoms with Crippen LogP contribution >= 0.6 is 0 Å². The lowest BCUT2D eigenvalue weighted by atomic mass is 9.67. The summed E-state index contributed by atoms with van der Waals surface area (Å²) in [6.45, 7) is 1.56. The van der Waals surface area contributed by atoms with Crippen LogP contribution in [0.15, 0.2) is 0 Å². The Bertz CT molecular complexity index is 278. The smallest absolute Gasteiger partial charge is 0.228 e. The third-order valence-corrected chi connectivity index (χ3v) is 4.31. The predicted octanol–water partition coefficient (Wildman–Crippen LogP) is -0.227. The number of amides is 1. The van der Waals surface area contributed by atoms with Gasteiger partial charge in [0.1, 0.15) is 0 Å². The van der Waals surface area contributed by atoms with Gasteiger partial charge in [-0.15, -0.1) is 0 Å². The topological polar surface area (TPSA) is 84.6 Å². The summed E-state index contributed by atoms with van der Waals surface area (Å²) in [5.74, 6) is 0.0159. The molecule has 0 aromatic heterocycles. The molecule has 1 saturated heterocycles. The molecule has 0 bridgehead atoms. The van der Waals surface area contributed by atoms with E-state index in [-0.39, 0.29) is 17.9 Å². The van der Waals surface area contributed by atoms with E-state index in [1.165, 1.54) is 0 Å². The molecule has 5 heteroatoms. The summed E-state index contributed by atoms with van der Waals surface area (Å²) in [5.41, 5.74) is 4.84. The standard InChI is InChI=1S/C12H22N2O3/c13-8-11(2-1-3-11)10(16)14-12(9-15)4-6-17-7-5-12/h15H,1-9,13H2,(H,14,16). The number of aliphatic hydroxyl groups is 1. The summed E-state index contributed by atoms with van der Waals surface area (Å²) >= 11 is 0. The van der Waals surface area contributed by atoms with E-state index in [2.05, 4.69) is 5.32 Å². The zero-order chi connectivity index (χ0) is 12.4. The molecule has 4 N–H and O–H groups in total. The minimum atomic E-state index is -0.493. The second kappa shape index (κ2) is 4.92. The van der Waals surface area contributed by atoms with E-state index in [0.717, 1.165) is 19.3 Å². The predicted molar refractivity (Wildman–Crippen MR) is 63.4 cm³/mol. The fourth-order valence-corrected chi connectivity index (χ4v) is 2.59. The van der Waals surface area contributed by atoms with E-state index >= 15 is 0 Å². The Kier molecular flexibility index (Phi) is 3.70. The Labute approximate surface area is 102 Å². The number of rotatable bonds is 4. The lowest BCUT2D eigenvalue weighted by molar-refractivity contribution is -0.139. The second-order valence-corrected chi connectivity index (χ2v) is 5.34. The van der Waals surface area contributed by atoms with Crippen molar-refractivity contribution >= 4 is 5.91 Å². The Morgan fingerprint density at radius 1 is 1.29 bits per heavy atom. The first kappa shape index (κ1) is 12.8. The molecule has 0 aromatic carbocycles. The molecule has 98 valence electrons. The maximum Gasteiger partial charge on any atom is 0.228 e. The molecule has 1 heterocycles. The summed E-state index contributed by atoms with van der Waals surface area (Å²) < 4.78 is 5.27. The molecule has 2 aliphatic rings. The van der Waals surface area contributed by atoms with Gasteiger partial charge in [0.25, 0.3) is 0 Å². The van der Waals surface area contributed by atoms with Gasteiger partial charge in [-0.1, -0.05) is 6.42 Å². The zero-order valence-electron chi connectivity index (χ0n) is 10.2. The minimum absolute atomic E-state index is 0.0159. The van der Waals surface area contributed by atoms with Crippen molar-refractivity contribution in [3.8, 4) is 0 Å². The van der Waals surface area contributed by atoms with Gasteiger partial charge >= 0.3 is 0 Å². The first-order chi connectivity index (χ1) is 8.16. The van der Waals surface area contributed by atoms with Crippen LogP contribution < -0.4 is 11.1 Å². The van der Waals surface area contributed by atoms with E-state index in [1.807, 2.05) is 0 Å². The highest BCUT2D eigenvalue weighted by atomic mass is 16.5. The molecule has 17 heavy (non-hydrogen) atoms. The molecule has 0 unspecified atom stereocenters. The van der Waals surface area contributed by atoms with E-state index in [9.17, 15) is 9.90 Å². The number of aliphatic hydroxyl groups excluding tert-OH is 1. The van der Waals surface area contributed by atoms with Crippen molar-refractivity contribution in [3.05, 3.63) is 0 Å². The number of hydrogen-bond donors (Lipinski definition) is 3. The molecule has 2 rings (SSSR count). The van der Waals surface area contributed by atoms with Crippen LogP contribution in [-0.4, -0.2) is 42.9 Å². The monoisotopic (exact) mass is 242 g/mol. The lowest BCUT2D eigenvalue weighted by Crippen LogP contribution is -2.61. The van der Waals surface area contributed by atoms with Crippen molar-refractivity contribution in [1.82, 2.24) is 5.32 Å². The SMILES string of the molecule is NCC1(C(=O)NC2(CO)CCOCC2)CCC1. The first-order valence-corrected chi connectivity index (χ1v) is 6.38. The molecular formula is C12H22N2O3. The van der Waals surface area contributed by atoms with Gasteiger partial charge < -0.3 is 20.9 Å². The number of carbonyl (C=O) groups is 1. The van der Waals surface area contributed by atoms with Gasteiger partial charge in [-0.3, -0.25) is 4.79 Å². The molecule has 0 atom stereocenters. The first-order valence-electron chi connectivity index (χ1n) is 6.38. The zero-order valence-corrected chi connectivity index (χ0v) is 10.2. The Balaban J connectivity index is 2.00. The summed E-state index contributed by atoms with van der Waals surface area (Å²) in [7, 11) is 0. The van der Waals surface area contributed by atoms with Gasteiger partial charge in [0.15, 0.2) is 0 Å². The van der Waals surface area contributed by atoms with Crippen LogP contribution in [0.25, 0.3) is 0 Å². The lowest BCUT2D eigenvalue weighted by Gasteiger charge is -2.44. The average molecular weight is 242 g/mol. The quantitative estimate of drug-likeness (QED) is 0.636. The average Bonchev–Trinajstić information content (AvgIpc) is 2.29. The molecular weight excluding hydrogens is 220 g/mol. The van der Waals surface area contributed by atoms with Gasteiger partial charge in [0, 0.05) is 19.8 Å². The third kappa shape index (κ3) is 2.32. The molecule has 1 amide bonds. The molecule has 1 saturated carbocycles. The van der Waals surface area contributed by atoms with Crippen LogP contribution in [0.3, 0.4) is 0 Å². The molecule has 0 aromatic rings. The number of ether oxygens (including phenoxy) is 1. The molecule has 5 nitrogen and oxygen atoms in total. The van der Waals surface area contributed by atoms with Crippen LogP contribution in [0.5, 0.6) is 0 Å². The number of carbonyl (C=O) groups excluding carboxylic acids is 1. The van der Waals surface area contributed by atoms with Crippen molar-refractivity contribution in [1.29, 1.82) is 0 Å². The molecule has 0 radical (unpaired) electrons. The van der Waals surface area contributed by atoms with Gasteiger partial charge in [-0.25, -0.2) is 0 Å². The van der Waals surface area contributed by atoms with Crippen molar-refractivity contribution < 1.29 is 14.6 Å². The Hall–Kier alpha value is -0.650. The van der Waals surface area contributed by atoms with Gasteiger partial charge in [0.05, 0.1) is 17.6 Å². The van der Waals surface area contributed by atoms with Gasteiger partial charge in [-0.2, -0.15) is 0 Å². The fraction of sp³-hybridized carbons (Fsp3) is 0.917. The van der Waals surface area contributed by atoms with E-state index in [0.29, 0.717) is 32.6 Å². The highest BCUT2D eigenvalue weighted by Gasteiger charge is 2.46. The number of nitrogens with one attached hydrogen (secondary N) is 1. The van der Waals surface area contributed by atoms with Crippen molar-refractivity contribution in [2.24, 2.45) is 11.1 Å². The maximum absolute atomic E-state index is 12.3. The maximum atomic E-state index is 12.3. The van der Waals surface area contributed by atoms with Crippen molar-refractivity contribution in [2.45, 2.75) is 37.6 Å². The summed E-state index contributed by atoms with van der Waals surface area (Å²) in [4.78, 5) is 12.3. The summed E-state index contributed by atoms with van der Waals surface area (Å²) in [5, 5.41) is 12.5. The van der Waals surface area contributed by atoms with Crippen LogP contribution in [0.2, 0.25) is 0 Å². The van der Waals surface area contributed by atoms with Crippen molar-refractivity contribution in [3.63, 3.8) is 0 Å². The van der Waals surface area contributed by atoms with Crippen LogP contribution in [0.1, 0.15) is 32.1 Å². The Morgan fingerprint density at radius 2 is 1.94 bits per heavy atom. The van der Waals surface area contributed by atoms with Gasteiger partial charge in [0.2, 0.25) is 5.91 Å². The van der Waals surface area contributed by atoms with E-state index in [4.69, 9.17) is 10.5 Å². The highest BCUT2D eigenvalue weighted by molar-refractivity contribution is 5.84. The second-order valence-electron chi connectivity index (χ2n) is 5.34. The van der Waals surface area contributed by atoms with Crippen LogP contribution in [0, 0.1) is 5.41 Å². The molecule has 1 aliphatic heterocycles. The van der Waals surface area contributed by atoms with Crippen molar-refractivity contribution in [2.75, 3.05) is 26.4 Å². The summed E-state index contributed by atoms with van der Waals surface area (Å²) in [6, 6.07) is 0. The largest absolute Gasteiger partial charge is 0.394 e. The molecule has 0 spiro atoms. The normalized spacial score (nSPS) is 26.0. The third-order valence-electron chi connectivity index (χ3n) is 4.31. The van der Waals surface area contributed by atoms with Crippen LogP contribution in [-0.2, 0) is 9.53 Å².